The Labute approximate surface area is 91.5 Å². The Hall–Kier alpha value is -0.550. The summed E-state index contributed by atoms with van der Waals surface area (Å²) in [6.07, 6.45) is 0.395. The van der Waals surface area contributed by atoms with Crippen LogP contribution >= 0.6 is 11.3 Å². The fraction of sp³-hybridized carbons (Fsp3) is 0.700. The van der Waals surface area contributed by atoms with Crippen LogP contribution in [0.3, 0.4) is 0 Å². The maximum Gasteiger partial charge on any atom is 0.248 e. The van der Waals surface area contributed by atoms with E-state index in [2.05, 4.69) is 4.98 Å². The molecule has 1 aromatic heterocycles. The molecule has 2 rings (SSSR count). The SMILES string of the molecule is Cc1nc(C2(N)CCC(F)(F)CC2)cs1. The summed E-state index contributed by atoms with van der Waals surface area (Å²) in [5.74, 6) is -2.53. The van der Waals surface area contributed by atoms with E-state index in [1.165, 1.54) is 11.3 Å². The van der Waals surface area contributed by atoms with Crippen molar-refractivity contribution < 1.29 is 8.78 Å². The predicted octanol–water partition coefficient (Wildman–Crippen LogP) is 2.81. The molecule has 1 fully saturated rings. The van der Waals surface area contributed by atoms with Gasteiger partial charge >= 0.3 is 0 Å². The number of hydrogen-bond donors (Lipinski definition) is 1. The van der Waals surface area contributed by atoms with Gasteiger partial charge in [-0.15, -0.1) is 11.3 Å². The molecular weight excluding hydrogens is 218 g/mol. The Morgan fingerprint density at radius 2 is 1.93 bits per heavy atom. The lowest BCUT2D eigenvalue weighted by molar-refractivity contribution is -0.0518. The van der Waals surface area contributed by atoms with E-state index in [9.17, 15) is 8.78 Å². The Kier molecular flexibility index (Phi) is 2.55. The summed E-state index contributed by atoms with van der Waals surface area (Å²) in [5, 5.41) is 2.82. The highest BCUT2D eigenvalue weighted by Crippen LogP contribution is 2.42. The molecular formula is C10H14F2N2S. The van der Waals surface area contributed by atoms with Gasteiger partial charge in [-0.2, -0.15) is 0 Å². The number of aryl methyl sites for hydroxylation is 1. The van der Waals surface area contributed by atoms with Crippen LogP contribution in [0.15, 0.2) is 5.38 Å². The van der Waals surface area contributed by atoms with Gasteiger partial charge < -0.3 is 5.73 Å². The van der Waals surface area contributed by atoms with Crippen LogP contribution in [0.2, 0.25) is 0 Å². The third-order valence-electron chi connectivity index (χ3n) is 3.00. The van der Waals surface area contributed by atoms with E-state index < -0.39 is 11.5 Å². The van der Waals surface area contributed by atoms with Gasteiger partial charge in [-0.1, -0.05) is 0 Å². The second kappa shape index (κ2) is 3.49. The second-order valence-corrected chi connectivity index (χ2v) is 5.33. The van der Waals surface area contributed by atoms with E-state index in [1.54, 1.807) is 0 Å². The van der Waals surface area contributed by atoms with Crippen molar-refractivity contribution in [2.75, 3.05) is 0 Å². The maximum absolute atomic E-state index is 13.0. The van der Waals surface area contributed by atoms with Gasteiger partial charge in [-0.05, 0) is 19.8 Å². The van der Waals surface area contributed by atoms with E-state index in [0.717, 1.165) is 10.7 Å². The zero-order chi connectivity index (χ0) is 11.1. The molecule has 1 aliphatic rings. The summed E-state index contributed by atoms with van der Waals surface area (Å²) in [5.41, 5.74) is 6.27. The van der Waals surface area contributed by atoms with Crippen LogP contribution in [0, 0.1) is 6.92 Å². The fourth-order valence-electron chi connectivity index (χ4n) is 1.91. The second-order valence-electron chi connectivity index (χ2n) is 4.26. The van der Waals surface area contributed by atoms with Crippen molar-refractivity contribution in [2.45, 2.75) is 44.1 Å². The lowest BCUT2D eigenvalue weighted by Crippen LogP contribution is -2.43. The lowest BCUT2D eigenvalue weighted by Gasteiger charge is -2.35. The third kappa shape index (κ3) is 2.18. The molecule has 0 spiro atoms. The minimum absolute atomic E-state index is 0.125. The zero-order valence-electron chi connectivity index (χ0n) is 8.59. The first-order chi connectivity index (χ1) is 6.91. The highest BCUT2D eigenvalue weighted by Gasteiger charge is 2.43. The Bertz CT molecular complexity index is 352. The standard InChI is InChI=1S/C10H14F2N2S/c1-7-14-8(6-15-7)9(13)2-4-10(11,12)5-3-9/h6H,2-5,13H2,1H3. The molecule has 2 nitrogen and oxygen atoms in total. The summed E-state index contributed by atoms with van der Waals surface area (Å²) in [7, 11) is 0. The topological polar surface area (TPSA) is 38.9 Å². The summed E-state index contributed by atoms with van der Waals surface area (Å²) >= 11 is 1.52. The Morgan fingerprint density at radius 3 is 2.40 bits per heavy atom. The predicted molar refractivity (Wildman–Crippen MR) is 56.1 cm³/mol. The highest BCUT2D eigenvalue weighted by atomic mass is 32.1. The number of hydrogen-bond acceptors (Lipinski definition) is 3. The van der Waals surface area contributed by atoms with Crippen LogP contribution < -0.4 is 5.73 Å². The van der Waals surface area contributed by atoms with Crippen LogP contribution in [0.1, 0.15) is 36.4 Å². The van der Waals surface area contributed by atoms with Gasteiger partial charge in [0.2, 0.25) is 5.92 Å². The van der Waals surface area contributed by atoms with Crippen LogP contribution in [-0.4, -0.2) is 10.9 Å². The smallest absolute Gasteiger partial charge is 0.248 e. The largest absolute Gasteiger partial charge is 0.320 e. The van der Waals surface area contributed by atoms with E-state index >= 15 is 0 Å². The minimum Gasteiger partial charge on any atom is -0.320 e. The first kappa shape index (κ1) is 11.0. The molecule has 1 saturated carbocycles. The number of thiazole rings is 1. The average Bonchev–Trinajstić information content (AvgIpc) is 2.59. The van der Waals surface area contributed by atoms with Crippen molar-refractivity contribution >= 4 is 11.3 Å². The van der Waals surface area contributed by atoms with Crippen molar-refractivity contribution in [2.24, 2.45) is 5.73 Å². The van der Waals surface area contributed by atoms with E-state index in [-0.39, 0.29) is 12.8 Å². The van der Waals surface area contributed by atoms with Crippen LogP contribution in [0.4, 0.5) is 8.78 Å². The quantitative estimate of drug-likeness (QED) is 0.808. The molecule has 0 unspecified atom stereocenters. The van der Waals surface area contributed by atoms with Gasteiger partial charge in [0, 0.05) is 18.2 Å². The minimum atomic E-state index is -2.53. The van der Waals surface area contributed by atoms with E-state index in [4.69, 9.17) is 5.73 Å². The molecule has 1 heterocycles. The van der Waals surface area contributed by atoms with Crippen molar-refractivity contribution in [3.63, 3.8) is 0 Å². The molecule has 84 valence electrons. The van der Waals surface area contributed by atoms with Crippen molar-refractivity contribution in [3.8, 4) is 0 Å². The summed E-state index contributed by atoms with van der Waals surface area (Å²) in [4.78, 5) is 4.30. The molecule has 0 atom stereocenters. The molecule has 2 N–H and O–H groups in total. The van der Waals surface area contributed by atoms with Gasteiger partial charge in [0.05, 0.1) is 16.2 Å². The number of alkyl halides is 2. The van der Waals surface area contributed by atoms with Crippen LogP contribution in [0.5, 0.6) is 0 Å². The summed E-state index contributed by atoms with van der Waals surface area (Å²) in [6, 6.07) is 0. The van der Waals surface area contributed by atoms with Crippen LogP contribution in [-0.2, 0) is 5.54 Å². The molecule has 0 aliphatic heterocycles. The van der Waals surface area contributed by atoms with Crippen LogP contribution in [0.25, 0.3) is 0 Å². The zero-order valence-corrected chi connectivity index (χ0v) is 9.41. The number of halogens is 2. The molecule has 1 aliphatic carbocycles. The molecule has 5 heteroatoms. The molecule has 15 heavy (non-hydrogen) atoms. The van der Waals surface area contributed by atoms with Gasteiger partial charge in [0.15, 0.2) is 0 Å². The van der Waals surface area contributed by atoms with Crippen molar-refractivity contribution in [1.29, 1.82) is 0 Å². The Balaban J connectivity index is 2.16. The first-order valence-electron chi connectivity index (χ1n) is 5.01. The molecule has 0 amide bonds. The van der Waals surface area contributed by atoms with Gasteiger partial charge in [-0.3, -0.25) is 0 Å². The monoisotopic (exact) mass is 232 g/mol. The third-order valence-corrected chi connectivity index (χ3v) is 3.78. The average molecular weight is 232 g/mol. The molecule has 0 radical (unpaired) electrons. The van der Waals surface area contributed by atoms with Gasteiger partial charge in [0.25, 0.3) is 0 Å². The Morgan fingerprint density at radius 1 is 1.33 bits per heavy atom. The van der Waals surface area contributed by atoms with E-state index in [1.807, 2.05) is 12.3 Å². The molecule has 0 bridgehead atoms. The lowest BCUT2D eigenvalue weighted by atomic mass is 9.79. The number of nitrogens with two attached hydrogens (primary N) is 1. The molecule has 0 aromatic carbocycles. The summed E-state index contributed by atoms with van der Waals surface area (Å²) < 4.78 is 26.0. The molecule has 1 aromatic rings. The first-order valence-corrected chi connectivity index (χ1v) is 5.89. The van der Waals surface area contributed by atoms with Gasteiger partial charge in [0.1, 0.15) is 0 Å². The molecule has 0 saturated heterocycles. The van der Waals surface area contributed by atoms with Gasteiger partial charge in [-0.25, -0.2) is 13.8 Å². The number of rotatable bonds is 1. The number of nitrogens with zero attached hydrogens (tertiary/aromatic N) is 1. The number of aromatic nitrogens is 1. The maximum atomic E-state index is 13.0. The fourth-order valence-corrected chi connectivity index (χ4v) is 2.63. The van der Waals surface area contributed by atoms with Crippen molar-refractivity contribution in [1.82, 2.24) is 4.98 Å². The summed E-state index contributed by atoms with van der Waals surface area (Å²) in [6.45, 7) is 1.90. The van der Waals surface area contributed by atoms with E-state index in [0.29, 0.717) is 12.8 Å². The highest BCUT2D eigenvalue weighted by molar-refractivity contribution is 7.09. The van der Waals surface area contributed by atoms with Crippen molar-refractivity contribution in [3.05, 3.63) is 16.1 Å². The normalized spacial score (nSPS) is 24.0.